The monoisotopic (exact) mass is 276 g/mol. The van der Waals surface area contributed by atoms with Crippen molar-refractivity contribution in [2.24, 2.45) is 0 Å². The minimum Gasteiger partial charge on any atom is -0.497 e. The van der Waals surface area contributed by atoms with Crippen molar-refractivity contribution in [2.45, 2.75) is 19.9 Å². The maximum atomic E-state index is 11.8. The number of aromatic nitrogens is 1. The molecule has 0 spiro atoms. The second kappa shape index (κ2) is 6.32. The van der Waals surface area contributed by atoms with Crippen molar-refractivity contribution in [3.8, 4) is 11.5 Å². The average Bonchev–Trinajstić information content (AvgIpc) is 2.87. The van der Waals surface area contributed by atoms with E-state index in [0.717, 1.165) is 23.1 Å². The molecule has 0 fully saturated rings. The zero-order valence-electron chi connectivity index (χ0n) is 12.1. The molecule has 2 aromatic rings. The van der Waals surface area contributed by atoms with Crippen LogP contribution >= 0.6 is 0 Å². The van der Waals surface area contributed by atoms with Crippen LogP contribution in [-0.2, 0) is 11.3 Å². The van der Waals surface area contributed by atoms with E-state index < -0.39 is 0 Å². The molecule has 0 radical (unpaired) electrons. The number of fused-ring (bicyclic) bond motifs is 1. The van der Waals surface area contributed by atoms with Crippen molar-refractivity contribution in [2.75, 3.05) is 20.8 Å². The first-order chi connectivity index (χ1) is 9.69. The van der Waals surface area contributed by atoms with Gasteiger partial charge < -0.3 is 19.4 Å². The number of hydrogen-bond donors (Lipinski definition) is 1. The van der Waals surface area contributed by atoms with Crippen LogP contribution in [0.5, 0.6) is 11.5 Å². The largest absolute Gasteiger partial charge is 0.497 e. The van der Waals surface area contributed by atoms with E-state index in [-0.39, 0.29) is 5.91 Å². The van der Waals surface area contributed by atoms with Gasteiger partial charge >= 0.3 is 0 Å². The molecule has 0 unspecified atom stereocenters. The lowest BCUT2D eigenvalue weighted by Gasteiger charge is -2.09. The van der Waals surface area contributed by atoms with E-state index in [0.29, 0.717) is 18.8 Å². The van der Waals surface area contributed by atoms with Crippen molar-refractivity contribution < 1.29 is 14.3 Å². The van der Waals surface area contributed by atoms with E-state index in [9.17, 15) is 4.79 Å². The summed E-state index contributed by atoms with van der Waals surface area (Å²) in [5.41, 5.74) is 0.924. The summed E-state index contributed by atoms with van der Waals surface area (Å²) in [7, 11) is 3.24. The van der Waals surface area contributed by atoms with E-state index in [2.05, 4.69) is 5.32 Å². The van der Waals surface area contributed by atoms with Gasteiger partial charge in [-0.3, -0.25) is 4.79 Å². The Bertz CT molecular complexity index is 604. The summed E-state index contributed by atoms with van der Waals surface area (Å²) >= 11 is 0. The van der Waals surface area contributed by atoms with Gasteiger partial charge in [-0.2, -0.15) is 0 Å². The minimum atomic E-state index is 0.00568. The van der Waals surface area contributed by atoms with Gasteiger partial charge in [-0.25, -0.2) is 0 Å². The molecule has 0 saturated heterocycles. The molecule has 0 atom stereocenters. The summed E-state index contributed by atoms with van der Waals surface area (Å²) in [6.07, 6.45) is 2.82. The van der Waals surface area contributed by atoms with Gasteiger partial charge in [0.25, 0.3) is 0 Å². The summed E-state index contributed by atoms with van der Waals surface area (Å²) in [5.74, 6) is 1.46. The second-order valence-corrected chi connectivity index (χ2v) is 4.56. The predicted molar refractivity (Wildman–Crippen MR) is 78.3 cm³/mol. The molecule has 0 aliphatic heterocycles. The van der Waals surface area contributed by atoms with Gasteiger partial charge in [0.2, 0.25) is 5.91 Å². The van der Waals surface area contributed by atoms with Gasteiger partial charge in [0, 0.05) is 30.3 Å². The van der Waals surface area contributed by atoms with Gasteiger partial charge in [0.05, 0.1) is 19.7 Å². The van der Waals surface area contributed by atoms with Crippen molar-refractivity contribution in [1.29, 1.82) is 0 Å². The predicted octanol–water partition coefficient (Wildman–Crippen LogP) is 2.18. The van der Waals surface area contributed by atoms with Crippen LogP contribution in [0.15, 0.2) is 24.4 Å². The zero-order valence-corrected chi connectivity index (χ0v) is 12.1. The molecule has 0 bridgehead atoms. The lowest BCUT2D eigenvalue weighted by molar-refractivity contribution is -0.121. The molecule has 108 valence electrons. The maximum Gasteiger partial charge on any atom is 0.239 e. The number of carbonyl (C=O) groups is 1. The van der Waals surface area contributed by atoms with Gasteiger partial charge in [-0.1, -0.05) is 6.92 Å². The smallest absolute Gasteiger partial charge is 0.239 e. The minimum absolute atomic E-state index is 0.00568. The van der Waals surface area contributed by atoms with E-state index in [1.165, 1.54) is 0 Å². The summed E-state index contributed by atoms with van der Waals surface area (Å²) in [6, 6.07) is 5.69. The molecule has 5 heteroatoms. The molecule has 1 heterocycles. The molecule has 1 N–H and O–H groups in total. The number of rotatable bonds is 6. The van der Waals surface area contributed by atoms with Crippen LogP contribution in [0, 0.1) is 0 Å². The highest BCUT2D eigenvalue weighted by Gasteiger charge is 2.11. The molecule has 1 aromatic heterocycles. The van der Waals surface area contributed by atoms with E-state index >= 15 is 0 Å². The van der Waals surface area contributed by atoms with Crippen LogP contribution < -0.4 is 14.8 Å². The van der Waals surface area contributed by atoms with Crippen molar-refractivity contribution in [1.82, 2.24) is 9.88 Å². The third-order valence-corrected chi connectivity index (χ3v) is 3.17. The molecule has 0 aliphatic carbocycles. The molecule has 0 saturated carbocycles. The van der Waals surface area contributed by atoms with Crippen LogP contribution in [-0.4, -0.2) is 31.2 Å². The summed E-state index contributed by atoms with van der Waals surface area (Å²) in [5, 5.41) is 3.84. The molecular formula is C15H20N2O3. The van der Waals surface area contributed by atoms with E-state index in [1.807, 2.05) is 35.9 Å². The molecule has 1 aromatic carbocycles. The first kappa shape index (κ1) is 14.2. The fourth-order valence-electron chi connectivity index (χ4n) is 2.14. The molecular weight excluding hydrogens is 256 g/mol. The Morgan fingerprint density at radius 1 is 1.30 bits per heavy atom. The highest BCUT2D eigenvalue weighted by atomic mass is 16.5. The van der Waals surface area contributed by atoms with Crippen LogP contribution in [0.25, 0.3) is 10.9 Å². The molecule has 2 rings (SSSR count). The SMILES string of the molecule is CCCNC(=O)Cn1ccc2c(OC)cc(OC)cc21. The lowest BCUT2D eigenvalue weighted by Crippen LogP contribution is -2.27. The topological polar surface area (TPSA) is 52.5 Å². The highest BCUT2D eigenvalue weighted by molar-refractivity contribution is 5.89. The quantitative estimate of drug-likeness (QED) is 0.880. The van der Waals surface area contributed by atoms with Crippen LogP contribution in [0.1, 0.15) is 13.3 Å². The van der Waals surface area contributed by atoms with Crippen LogP contribution in [0.3, 0.4) is 0 Å². The Hall–Kier alpha value is -2.17. The Morgan fingerprint density at radius 3 is 2.75 bits per heavy atom. The van der Waals surface area contributed by atoms with Crippen molar-refractivity contribution >= 4 is 16.8 Å². The van der Waals surface area contributed by atoms with Gasteiger partial charge in [-0.05, 0) is 12.5 Å². The number of methoxy groups -OCH3 is 2. The zero-order chi connectivity index (χ0) is 14.5. The fourth-order valence-corrected chi connectivity index (χ4v) is 2.14. The first-order valence-electron chi connectivity index (χ1n) is 6.67. The van der Waals surface area contributed by atoms with E-state index in [1.54, 1.807) is 14.2 Å². The third kappa shape index (κ3) is 2.87. The summed E-state index contributed by atoms with van der Waals surface area (Å²) < 4.78 is 12.5. The number of nitrogens with one attached hydrogen (secondary N) is 1. The maximum absolute atomic E-state index is 11.8. The highest BCUT2D eigenvalue weighted by Crippen LogP contribution is 2.31. The van der Waals surface area contributed by atoms with Gasteiger partial charge in [0.1, 0.15) is 18.0 Å². The molecule has 5 nitrogen and oxygen atoms in total. The Kier molecular flexibility index (Phi) is 4.50. The second-order valence-electron chi connectivity index (χ2n) is 4.56. The number of hydrogen-bond acceptors (Lipinski definition) is 3. The first-order valence-corrected chi connectivity index (χ1v) is 6.67. The summed E-state index contributed by atoms with van der Waals surface area (Å²) in [6.45, 7) is 3.02. The van der Waals surface area contributed by atoms with E-state index in [4.69, 9.17) is 9.47 Å². The average molecular weight is 276 g/mol. The van der Waals surface area contributed by atoms with Crippen molar-refractivity contribution in [3.05, 3.63) is 24.4 Å². The fraction of sp³-hybridized carbons (Fsp3) is 0.400. The Balaban J connectivity index is 2.32. The third-order valence-electron chi connectivity index (χ3n) is 3.17. The number of nitrogens with zero attached hydrogens (tertiary/aromatic N) is 1. The Morgan fingerprint density at radius 2 is 2.10 bits per heavy atom. The molecule has 1 amide bonds. The van der Waals surface area contributed by atoms with Gasteiger partial charge in [0.15, 0.2) is 0 Å². The number of carbonyl (C=O) groups excluding carboxylic acids is 1. The lowest BCUT2D eigenvalue weighted by atomic mass is 10.2. The normalized spacial score (nSPS) is 10.6. The number of amides is 1. The number of benzene rings is 1. The van der Waals surface area contributed by atoms with Crippen molar-refractivity contribution in [3.63, 3.8) is 0 Å². The van der Waals surface area contributed by atoms with Gasteiger partial charge in [-0.15, -0.1) is 0 Å². The van der Waals surface area contributed by atoms with Crippen LogP contribution in [0.4, 0.5) is 0 Å². The molecule has 0 aliphatic rings. The Labute approximate surface area is 118 Å². The summed E-state index contributed by atoms with van der Waals surface area (Å²) in [4.78, 5) is 11.8. The number of ether oxygens (including phenoxy) is 2. The van der Waals surface area contributed by atoms with Crippen LogP contribution in [0.2, 0.25) is 0 Å². The standard InChI is InChI=1S/C15H20N2O3/c1-4-6-16-15(18)10-17-7-5-12-13(17)8-11(19-2)9-14(12)20-3/h5,7-9H,4,6,10H2,1-3H3,(H,16,18). The molecule has 20 heavy (non-hydrogen) atoms.